The average Bonchev–Trinajstić information content (AvgIpc) is 2.56. The maximum atomic E-state index is 9.39. The quantitative estimate of drug-likeness (QED) is 0.643. The van der Waals surface area contributed by atoms with E-state index in [0.717, 1.165) is 5.56 Å². The third kappa shape index (κ3) is 3.75. The number of aromatic nitrogens is 3. The zero-order valence-electron chi connectivity index (χ0n) is 12.2. The summed E-state index contributed by atoms with van der Waals surface area (Å²) in [6, 6.07) is 9.29. The van der Waals surface area contributed by atoms with Crippen LogP contribution in [0.2, 0.25) is 0 Å². The van der Waals surface area contributed by atoms with Crippen LogP contribution in [-0.2, 0) is 0 Å². The Morgan fingerprint density at radius 2 is 1.86 bits per heavy atom. The molecule has 0 amide bonds. The van der Waals surface area contributed by atoms with Crippen molar-refractivity contribution in [1.29, 1.82) is 0 Å². The van der Waals surface area contributed by atoms with Gasteiger partial charge in [-0.25, -0.2) is 15.0 Å². The molecular formula is C16H16BN3O2. The van der Waals surface area contributed by atoms with Crippen LogP contribution in [0.3, 0.4) is 0 Å². The van der Waals surface area contributed by atoms with Crippen LogP contribution in [-0.4, -0.2) is 32.1 Å². The summed E-state index contributed by atoms with van der Waals surface area (Å²) in [6.45, 7) is 5.63. The van der Waals surface area contributed by atoms with Crippen LogP contribution < -0.4 is 5.72 Å². The van der Waals surface area contributed by atoms with Crippen molar-refractivity contribution in [2.24, 2.45) is 0 Å². The molecule has 6 heteroatoms. The van der Waals surface area contributed by atoms with Gasteiger partial charge in [0.05, 0.1) is 0 Å². The van der Waals surface area contributed by atoms with Crippen LogP contribution >= 0.6 is 0 Å². The third-order valence-electron chi connectivity index (χ3n) is 2.86. The number of benzene rings is 1. The predicted octanol–water partition coefficient (Wildman–Crippen LogP) is 1.36. The normalized spacial score (nSPS) is 11.7. The van der Waals surface area contributed by atoms with Gasteiger partial charge in [0.25, 0.3) is 0 Å². The van der Waals surface area contributed by atoms with E-state index in [0.29, 0.717) is 17.2 Å². The van der Waals surface area contributed by atoms with E-state index in [-0.39, 0.29) is 5.72 Å². The highest BCUT2D eigenvalue weighted by molar-refractivity contribution is 6.56. The summed E-state index contributed by atoms with van der Waals surface area (Å²) in [5, 5.41) is 18.8. The summed E-state index contributed by atoms with van der Waals surface area (Å²) in [5.41, 5.74) is 1.33. The van der Waals surface area contributed by atoms with Crippen LogP contribution in [0.25, 0.3) is 17.0 Å². The molecule has 0 unspecified atom stereocenters. The van der Waals surface area contributed by atoms with Gasteiger partial charge >= 0.3 is 7.12 Å². The summed E-state index contributed by atoms with van der Waals surface area (Å²) < 4.78 is 0. The Hall–Kier alpha value is -2.57. The van der Waals surface area contributed by atoms with Gasteiger partial charge in [0.2, 0.25) is 0 Å². The van der Waals surface area contributed by atoms with Gasteiger partial charge in [0.1, 0.15) is 0 Å². The number of hydrogen-bond donors (Lipinski definition) is 2. The van der Waals surface area contributed by atoms with E-state index in [4.69, 9.17) is 0 Å². The fraction of sp³-hybridized carbons (Fsp3) is 0.0625. The molecule has 0 aliphatic heterocycles. The lowest BCUT2D eigenvalue weighted by Gasteiger charge is -2.07. The zero-order valence-corrected chi connectivity index (χ0v) is 12.2. The number of rotatable bonds is 5. The van der Waals surface area contributed by atoms with Crippen LogP contribution in [0.1, 0.15) is 12.7 Å². The van der Waals surface area contributed by atoms with Crippen LogP contribution in [0.15, 0.2) is 61.2 Å². The van der Waals surface area contributed by atoms with Crippen molar-refractivity contribution < 1.29 is 10.0 Å². The molecule has 1 heterocycles. The first kappa shape index (κ1) is 15.8. The van der Waals surface area contributed by atoms with E-state index in [1.165, 1.54) is 0 Å². The molecule has 0 spiro atoms. The Labute approximate surface area is 129 Å². The van der Waals surface area contributed by atoms with Gasteiger partial charge in [-0.3, -0.25) is 0 Å². The first-order chi connectivity index (χ1) is 10.7. The number of allylic oxidation sites excluding steroid dienone is 5. The first-order valence-corrected chi connectivity index (χ1v) is 6.79. The third-order valence-corrected chi connectivity index (χ3v) is 2.86. The SMILES string of the molecule is C=C/C(=C\C=C/C)c1nc(B(O)O)nc(-c2ccccc2)n1. The molecule has 0 radical (unpaired) electrons. The summed E-state index contributed by atoms with van der Waals surface area (Å²) in [4.78, 5) is 12.6. The molecule has 0 saturated carbocycles. The fourth-order valence-corrected chi connectivity index (χ4v) is 1.79. The largest absolute Gasteiger partial charge is 0.528 e. The smallest absolute Gasteiger partial charge is 0.421 e. The minimum Gasteiger partial charge on any atom is -0.421 e. The average molecular weight is 293 g/mol. The molecule has 1 aromatic heterocycles. The minimum absolute atomic E-state index is 0.0999. The van der Waals surface area contributed by atoms with E-state index < -0.39 is 7.12 Å². The highest BCUT2D eigenvalue weighted by Gasteiger charge is 2.19. The Morgan fingerprint density at radius 3 is 2.45 bits per heavy atom. The molecule has 2 N–H and O–H groups in total. The van der Waals surface area contributed by atoms with E-state index in [1.807, 2.05) is 49.4 Å². The van der Waals surface area contributed by atoms with Crippen LogP contribution in [0, 0.1) is 0 Å². The predicted molar refractivity (Wildman–Crippen MR) is 88.1 cm³/mol. The van der Waals surface area contributed by atoms with Crippen molar-refractivity contribution in [2.45, 2.75) is 6.92 Å². The maximum absolute atomic E-state index is 9.39. The van der Waals surface area contributed by atoms with Crippen molar-refractivity contribution in [3.05, 3.63) is 67.0 Å². The van der Waals surface area contributed by atoms with Gasteiger partial charge in [-0.2, -0.15) is 0 Å². The fourth-order valence-electron chi connectivity index (χ4n) is 1.79. The Morgan fingerprint density at radius 1 is 1.14 bits per heavy atom. The van der Waals surface area contributed by atoms with Crippen LogP contribution in [0.4, 0.5) is 0 Å². The lowest BCUT2D eigenvalue weighted by Crippen LogP contribution is -2.37. The highest BCUT2D eigenvalue weighted by Crippen LogP contribution is 2.16. The zero-order chi connectivity index (χ0) is 15.9. The number of hydrogen-bond acceptors (Lipinski definition) is 5. The molecule has 0 atom stereocenters. The van der Waals surface area contributed by atoms with Gasteiger partial charge < -0.3 is 10.0 Å². The summed E-state index contributed by atoms with van der Waals surface area (Å²) >= 11 is 0. The Kier molecular flexibility index (Phi) is 5.35. The number of nitrogens with zero attached hydrogens (tertiary/aromatic N) is 3. The molecule has 2 aromatic rings. The van der Waals surface area contributed by atoms with Crippen LogP contribution in [0.5, 0.6) is 0 Å². The first-order valence-electron chi connectivity index (χ1n) is 6.79. The second kappa shape index (κ2) is 7.45. The van der Waals surface area contributed by atoms with E-state index in [1.54, 1.807) is 12.2 Å². The van der Waals surface area contributed by atoms with Gasteiger partial charge in [0, 0.05) is 11.1 Å². The second-order valence-electron chi connectivity index (χ2n) is 4.43. The molecule has 0 aliphatic rings. The molecule has 5 nitrogen and oxygen atoms in total. The molecule has 110 valence electrons. The molecule has 0 saturated heterocycles. The molecule has 0 bridgehead atoms. The molecule has 0 aliphatic carbocycles. The van der Waals surface area contributed by atoms with E-state index >= 15 is 0 Å². The molecule has 0 fully saturated rings. The summed E-state index contributed by atoms with van der Waals surface area (Å²) in [5.74, 6) is 0.715. The lowest BCUT2D eigenvalue weighted by molar-refractivity contribution is 0.422. The van der Waals surface area contributed by atoms with Crippen molar-refractivity contribution >= 4 is 18.4 Å². The van der Waals surface area contributed by atoms with Gasteiger partial charge in [-0.15, -0.1) is 0 Å². The molecular weight excluding hydrogens is 277 g/mol. The topological polar surface area (TPSA) is 79.1 Å². The van der Waals surface area contributed by atoms with Gasteiger partial charge in [-0.05, 0) is 6.92 Å². The Balaban J connectivity index is 2.60. The second-order valence-corrected chi connectivity index (χ2v) is 4.43. The standard InChI is InChI=1S/C16H16BN3O2/c1-3-5-9-12(4-2)14-18-15(13-10-7-6-8-11-13)20-16(19-14)17(21)22/h3-11,21-22H,2H2,1H3/b5-3-,12-9+. The van der Waals surface area contributed by atoms with Gasteiger partial charge in [0.15, 0.2) is 17.4 Å². The van der Waals surface area contributed by atoms with Crippen molar-refractivity contribution in [2.75, 3.05) is 0 Å². The minimum atomic E-state index is -1.77. The van der Waals surface area contributed by atoms with E-state index in [2.05, 4.69) is 21.5 Å². The summed E-state index contributed by atoms with van der Waals surface area (Å²) in [6.07, 6.45) is 7.10. The summed E-state index contributed by atoms with van der Waals surface area (Å²) in [7, 11) is -1.77. The molecule has 22 heavy (non-hydrogen) atoms. The van der Waals surface area contributed by atoms with Crippen molar-refractivity contribution in [1.82, 2.24) is 15.0 Å². The van der Waals surface area contributed by atoms with Crippen molar-refractivity contribution in [3.8, 4) is 11.4 Å². The van der Waals surface area contributed by atoms with Gasteiger partial charge in [-0.1, -0.05) is 61.2 Å². The maximum Gasteiger partial charge on any atom is 0.528 e. The highest BCUT2D eigenvalue weighted by atomic mass is 16.4. The Bertz CT molecular complexity index is 713. The monoisotopic (exact) mass is 293 g/mol. The lowest BCUT2D eigenvalue weighted by atomic mass is 9.90. The molecule has 1 aromatic carbocycles. The van der Waals surface area contributed by atoms with E-state index in [9.17, 15) is 10.0 Å². The molecule has 2 rings (SSSR count). The van der Waals surface area contributed by atoms with Crippen molar-refractivity contribution in [3.63, 3.8) is 0 Å².